The molecule has 0 radical (unpaired) electrons. The van der Waals surface area contributed by atoms with Gasteiger partial charge >= 0.3 is 0 Å². The molecule has 0 aliphatic heterocycles. The molecular formula is C10H19N3O2. The molecule has 0 saturated heterocycles. The van der Waals surface area contributed by atoms with Crippen molar-refractivity contribution in [3.63, 3.8) is 0 Å². The molecule has 1 aromatic heterocycles. The Bertz CT molecular complexity index is 247. The predicted molar refractivity (Wildman–Crippen MR) is 57.5 cm³/mol. The van der Waals surface area contributed by atoms with Gasteiger partial charge in [0.05, 0.1) is 0 Å². The van der Waals surface area contributed by atoms with Crippen molar-refractivity contribution in [3.8, 4) is 0 Å². The third-order valence-electron chi connectivity index (χ3n) is 1.41. The average Bonchev–Trinajstić information content (AvgIpc) is 2.72. The number of rotatable bonds is 4. The van der Waals surface area contributed by atoms with Gasteiger partial charge < -0.3 is 5.32 Å². The number of carbonyl (C=O) groups is 1. The molecule has 1 N–H and O–H groups in total. The maximum Gasteiger partial charge on any atom is 0.275 e. The number of aromatic nitrogens is 2. The molecule has 1 amide bonds. The lowest BCUT2D eigenvalue weighted by Crippen LogP contribution is -2.24. The summed E-state index contributed by atoms with van der Waals surface area (Å²) in [6.07, 6.45) is 4.57. The van der Waals surface area contributed by atoms with Crippen LogP contribution in [-0.2, 0) is 0 Å². The Labute approximate surface area is 90.2 Å². The van der Waals surface area contributed by atoms with Crippen LogP contribution in [0.1, 0.15) is 50.5 Å². The van der Waals surface area contributed by atoms with E-state index in [-0.39, 0.29) is 11.6 Å². The van der Waals surface area contributed by atoms with E-state index < -0.39 is 0 Å². The minimum atomic E-state index is -0.232. The van der Waals surface area contributed by atoms with Gasteiger partial charge in [-0.2, -0.15) is 0 Å². The van der Waals surface area contributed by atoms with Crippen LogP contribution in [-0.4, -0.2) is 22.8 Å². The summed E-state index contributed by atoms with van der Waals surface area (Å²) in [6.45, 7) is 6.98. The number of nitrogens with one attached hydrogen (secondary N) is 1. The van der Waals surface area contributed by atoms with Crippen LogP contribution in [0.3, 0.4) is 0 Å². The third-order valence-corrected chi connectivity index (χ3v) is 1.41. The lowest BCUT2D eigenvalue weighted by Gasteiger charge is -1.98. The van der Waals surface area contributed by atoms with E-state index in [0.717, 1.165) is 12.8 Å². The molecule has 1 heterocycles. The molecule has 0 bridgehead atoms. The van der Waals surface area contributed by atoms with E-state index in [0.29, 0.717) is 6.54 Å². The molecule has 0 unspecified atom stereocenters. The second-order valence-corrected chi connectivity index (χ2v) is 3.11. The summed E-state index contributed by atoms with van der Waals surface area (Å²) in [7, 11) is 0. The van der Waals surface area contributed by atoms with Crippen molar-refractivity contribution in [2.75, 3.05) is 6.54 Å². The molecule has 15 heavy (non-hydrogen) atoms. The number of hydrogen-bond donors (Lipinski definition) is 1. The Morgan fingerprint density at radius 1 is 1.47 bits per heavy atom. The van der Waals surface area contributed by atoms with E-state index in [1.165, 1.54) is 12.6 Å². The summed E-state index contributed by atoms with van der Waals surface area (Å²) < 4.78 is 4.28. The highest BCUT2D eigenvalue weighted by molar-refractivity contribution is 5.91. The van der Waals surface area contributed by atoms with Gasteiger partial charge in [-0.1, -0.05) is 38.8 Å². The first kappa shape index (κ1) is 13.6. The Hall–Kier alpha value is -1.39. The van der Waals surface area contributed by atoms with Crippen LogP contribution < -0.4 is 5.32 Å². The highest BCUT2D eigenvalue weighted by atomic mass is 16.6. The van der Waals surface area contributed by atoms with E-state index in [1.54, 1.807) is 0 Å². The average molecular weight is 213 g/mol. The second-order valence-electron chi connectivity index (χ2n) is 3.11. The van der Waals surface area contributed by atoms with Gasteiger partial charge in [-0.15, -0.1) is 0 Å². The SMILES string of the molecule is CCC.CCCCNC(=O)c1cnon1. The lowest BCUT2D eigenvalue weighted by molar-refractivity contribution is 0.0943. The molecule has 0 aliphatic rings. The van der Waals surface area contributed by atoms with Gasteiger partial charge in [0.15, 0.2) is 5.69 Å². The lowest BCUT2D eigenvalue weighted by atomic mass is 10.3. The van der Waals surface area contributed by atoms with Gasteiger partial charge in [0, 0.05) is 6.54 Å². The molecule has 0 aromatic carbocycles. The van der Waals surface area contributed by atoms with Crippen molar-refractivity contribution in [1.29, 1.82) is 0 Å². The van der Waals surface area contributed by atoms with E-state index in [1.807, 2.05) is 0 Å². The van der Waals surface area contributed by atoms with Crippen LogP contribution in [0.25, 0.3) is 0 Å². The monoisotopic (exact) mass is 213 g/mol. The molecule has 1 aromatic rings. The zero-order valence-electron chi connectivity index (χ0n) is 9.62. The second kappa shape index (κ2) is 9.18. The van der Waals surface area contributed by atoms with Crippen LogP contribution >= 0.6 is 0 Å². The fraction of sp³-hybridized carbons (Fsp3) is 0.700. The normalized spacial score (nSPS) is 9.00. The van der Waals surface area contributed by atoms with Gasteiger partial charge in [-0.05, 0) is 11.6 Å². The summed E-state index contributed by atoms with van der Waals surface area (Å²) in [4.78, 5) is 11.1. The fourth-order valence-corrected chi connectivity index (χ4v) is 0.734. The van der Waals surface area contributed by atoms with Gasteiger partial charge in [0.25, 0.3) is 5.91 Å². The largest absolute Gasteiger partial charge is 0.351 e. The topological polar surface area (TPSA) is 68.0 Å². The van der Waals surface area contributed by atoms with Crippen molar-refractivity contribution >= 4 is 5.91 Å². The van der Waals surface area contributed by atoms with Crippen LogP contribution in [0.5, 0.6) is 0 Å². The molecule has 0 spiro atoms. The van der Waals surface area contributed by atoms with Gasteiger partial charge in [0.1, 0.15) is 6.20 Å². The molecule has 1 rings (SSSR count). The third kappa shape index (κ3) is 6.65. The number of nitrogens with zero attached hydrogens (tertiary/aromatic N) is 2. The number of carbonyl (C=O) groups excluding carboxylic acids is 1. The number of amides is 1. The molecule has 0 atom stereocenters. The molecule has 0 fully saturated rings. The standard InChI is InChI=1S/C7H11N3O2.C3H8/c1-2-3-4-8-7(11)6-5-9-12-10-6;1-3-2/h5H,2-4H2,1H3,(H,8,11);3H2,1-2H3. The van der Waals surface area contributed by atoms with Crippen molar-refractivity contribution in [2.45, 2.75) is 40.0 Å². The molecule has 86 valence electrons. The van der Waals surface area contributed by atoms with Crippen LogP contribution in [0.15, 0.2) is 10.8 Å². The van der Waals surface area contributed by atoms with E-state index in [9.17, 15) is 4.79 Å². The van der Waals surface area contributed by atoms with Crippen LogP contribution in [0.4, 0.5) is 0 Å². The summed E-state index contributed by atoms with van der Waals surface area (Å²) in [6, 6.07) is 0. The first-order chi connectivity index (χ1) is 7.26. The highest BCUT2D eigenvalue weighted by Gasteiger charge is 2.07. The predicted octanol–water partition coefficient (Wildman–Crippen LogP) is 2.02. The van der Waals surface area contributed by atoms with Crippen LogP contribution in [0, 0.1) is 0 Å². The van der Waals surface area contributed by atoms with Crippen molar-refractivity contribution < 1.29 is 9.42 Å². The van der Waals surface area contributed by atoms with Gasteiger partial charge in [-0.3, -0.25) is 4.79 Å². The Balaban J connectivity index is 0.000000583. The summed E-state index contributed by atoms with van der Waals surface area (Å²) in [5, 5.41) is 9.41. The van der Waals surface area contributed by atoms with E-state index in [4.69, 9.17) is 0 Å². The molecule has 0 saturated carbocycles. The summed E-state index contributed by atoms with van der Waals surface area (Å²) >= 11 is 0. The van der Waals surface area contributed by atoms with Crippen molar-refractivity contribution in [3.05, 3.63) is 11.9 Å². The zero-order chi connectivity index (χ0) is 11.5. The fourth-order valence-electron chi connectivity index (χ4n) is 0.734. The molecule has 5 heteroatoms. The summed E-state index contributed by atoms with van der Waals surface area (Å²) in [5.41, 5.74) is 0.228. The Morgan fingerprint density at radius 3 is 2.60 bits per heavy atom. The number of unbranched alkanes of at least 4 members (excludes halogenated alkanes) is 1. The van der Waals surface area contributed by atoms with Gasteiger partial charge in [0.2, 0.25) is 0 Å². The quantitative estimate of drug-likeness (QED) is 0.777. The molecule has 5 nitrogen and oxygen atoms in total. The summed E-state index contributed by atoms with van der Waals surface area (Å²) in [5.74, 6) is -0.232. The van der Waals surface area contributed by atoms with E-state index in [2.05, 4.69) is 41.0 Å². The Kier molecular flexibility index (Phi) is 8.33. The zero-order valence-corrected chi connectivity index (χ0v) is 9.62. The first-order valence-electron chi connectivity index (χ1n) is 5.31. The van der Waals surface area contributed by atoms with Crippen molar-refractivity contribution in [2.24, 2.45) is 0 Å². The van der Waals surface area contributed by atoms with Crippen LogP contribution in [0.2, 0.25) is 0 Å². The van der Waals surface area contributed by atoms with Crippen molar-refractivity contribution in [1.82, 2.24) is 15.6 Å². The minimum Gasteiger partial charge on any atom is -0.351 e. The maximum atomic E-state index is 11.1. The molecule has 0 aliphatic carbocycles. The Morgan fingerprint density at radius 2 is 2.13 bits per heavy atom. The van der Waals surface area contributed by atoms with E-state index >= 15 is 0 Å². The first-order valence-corrected chi connectivity index (χ1v) is 5.31. The van der Waals surface area contributed by atoms with Gasteiger partial charge in [-0.25, -0.2) is 4.63 Å². The smallest absolute Gasteiger partial charge is 0.275 e. The minimum absolute atomic E-state index is 0.228. The highest BCUT2D eigenvalue weighted by Crippen LogP contribution is 1.90. The number of hydrogen-bond acceptors (Lipinski definition) is 4. The molecular weight excluding hydrogens is 194 g/mol. The maximum absolute atomic E-state index is 11.1.